The predicted octanol–water partition coefficient (Wildman–Crippen LogP) is 4.16. The van der Waals surface area contributed by atoms with Gasteiger partial charge in [0.2, 0.25) is 5.91 Å². The molecule has 0 bridgehead atoms. The zero-order valence-corrected chi connectivity index (χ0v) is 13.4. The SMILES string of the molecule is CC(Cl)C(=O)Nc1ccc2oc(-c3ccccc3F)cc(=O)c2c1. The quantitative estimate of drug-likeness (QED) is 0.725. The highest BCUT2D eigenvalue weighted by atomic mass is 35.5. The highest BCUT2D eigenvalue weighted by Crippen LogP contribution is 2.25. The second kappa shape index (κ2) is 6.45. The van der Waals surface area contributed by atoms with Crippen molar-refractivity contribution in [1.82, 2.24) is 0 Å². The third kappa shape index (κ3) is 3.16. The van der Waals surface area contributed by atoms with E-state index in [-0.39, 0.29) is 28.0 Å². The van der Waals surface area contributed by atoms with E-state index in [0.717, 1.165) is 0 Å². The van der Waals surface area contributed by atoms with Crippen LogP contribution in [0.1, 0.15) is 6.92 Å². The normalized spacial score (nSPS) is 12.1. The minimum absolute atomic E-state index is 0.150. The number of fused-ring (bicyclic) bond motifs is 1. The van der Waals surface area contributed by atoms with Crippen molar-refractivity contribution in [2.45, 2.75) is 12.3 Å². The number of rotatable bonds is 3. The van der Waals surface area contributed by atoms with Crippen molar-refractivity contribution in [2.24, 2.45) is 0 Å². The van der Waals surface area contributed by atoms with Gasteiger partial charge in [0.25, 0.3) is 0 Å². The molecule has 0 aliphatic rings. The van der Waals surface area contributed by atoms with Gasteiger partial charge < -0.3 is 9.73 Å². The average Bonchev–Trinajstić information content (AvgIpc) is 2.55. The van der Waals surface area contributed by atoms with Gasteiger partial charge in [0, 0.05) is 11.8 Å². The Bertz CT molecular complexity index is 981. The van der Waals surface area contributed by atoms with Crippen molar-refractivity contribution >= 4 is 34.2 Å². The molecule has 1 amide bonds. The lowest BCUT2D eigenvalue weighted by molar-refractivity contribution is -0.115. The van der Waals surface area contributed by atoms with Gasteiger partial charge >= 0.3 is 0 Å². The number of alkyl halides is 1. The van der Waals surface area contributed by atoms with Crippen LogP contribution in [0.5, 0.6) is 0 Å². The van der Waals surface area contributed by atoms with E-state index in [0.29, 0.717) is 11.3 Å². The van der Waals surface area contributed by atoms with Crippen LogP contribution in [-0.2, 0) is 4.79 Å². The van der Waals surface area contributed by atoms with E-state index >= 15 is 0 Å². The molecule has 0 aliphatic carbocycles. The van der Waals surface area contributed by atoms with Crippen molar-refractivity contribution in [3.8, 4) is 11.3 Å². The van der Waals surface area contributed by atoms with E-state index in [4.69, 9.17) is 16.0 Å². The summed E-state index contributed by atoms with van der Waals surface area (Å²) < 4.78 is 19.5. The summed E-state index contributed by atoms with van der Waals surface area (Å²) in [4.78, 5) is 24.0. The van der Waals surface area contributed by atoms with Crippen molar-refractivity contribution in [2.75, 3.05) is 5.32 Å². The van der Waals surface area contributed by atoms with E-state index in [1.54, 1.807) is 31.2 Å². The molecule has 0 fully saturated rings. The van der Waals surface area contributed by atoms with Crippen LogP contribution >= 0.6 is 11.6 Å². The molecular formula is C18H13ClFNO3. The number of nitrogens with one attached hydrogen (secondary N) is 1. The van der Waals surface area contributed by atoms with Gasteiger partial charge in [-0.25, -0.2) is 4.39 Å². The van der Waals surface area contributed by atoms with Gasteiger partial charge in [-0.2, -0.15) is 0 Å². The van der Waals surface area contributed by atoms with Crippen LogP contribution in [0.15, 0.2) is 57.7 Å². The van der Waals surface area contributed by atoms with E-state index in [1.807, 2.05) is 0 Å². The number of hydrogen-bond donors (Lipinski definition) is 1. The smallest absolute Gasteiger partial charge is 0.242 e. The number of carbonyl (C=O) groups is 1. The summed E-state index contributed by atoms with van der Waals surface area (Å²) >= 11 is 5.70. The number of carbonyl (C=O) groups excluding carboxylic acids is 1. The van der Waals surface area contributed by atoms with Crippen LogP contribution in [0.4, 0.5) is 10.1 Å². The molecule has 0 saturated carbocycles. The van der Waals surface area contributed by atoms with Crippen LogP contribution in [0, 0.1) is 5.82 Å². The lowest BCUT2D eigenvalue weighted by Crippen LogP contribution is -2.20. The zero-order valence-electron chi connectivity index (χ0n) is 12.7. The van der Waals surface area contributed by atoms with Gasteiger partial charge in [-0.05, 0) is 37.3 Å². The van der Waals surface area contributed by atoms with Crippen LogP contribution in [0.3, 0.4) is 0 Å². The summed E-state index contributed by atoms with van der Waals surface area (Å²) in [6.07, 6.45) is 0. The fraction of sp³-hybridized carbons (Fsp3) is 0.111. The van der Waals surface area contributed by atoms with E-state index < -0.39 is 11.2 Å². The summed E-state index contributed by atoms with van der Waals surface area (Å²) in [5.41, 5.74) is 0.623. The second-order valence-electron chi connectivity index (χ2n) is 5.27. The first-order valence-electron chi connectivity index (χ1n) is 7.23. The maximum Gasteiger partial charge on any atom is 0.242 e. The van der Waals surface area contributed by atoms with Crippen molar-refractivity contribution < 1.29 is 13.6 Å². The summed E-state index contributed by atoms with van der Waals surface area (Å²) in [5, 5.41) is 2.20. The van der Waals surface area contributed by atoms with Gasteiger partial charge in [0.1, 0.15) is 22.5 Å². The van der Waals surface area contributed by atoms with Gasteiger partial charge in [0.15, 0.2) is 5.43 Å². The first-order chi connectivity index (χ1) is 11.5. The van der Waals surface area contributed by atoms with Gasteiger partial charge in [-0.1, -0.05) is 12.1 Å². The number of amides is 1. The minimum atomic E-state index is -0.694. The molecule has 1 unspecified atom stereocenters. The van der Waals surface area contributed by atoms with Crippen molar-refractivity contribution in [3.63, 3.8) is 0 Å². The molecule has 0 saturated heterocycles. The molecule has 24 heavy (non-hydrogen) atoms. The standard InChI is InChI=1S/C18H13ClFNO3/c1-10(19)18(23)21-11-6-7-16-13(8-11)15(22)9-17(24-16)12-4-2-3-5-14(12)20/h2-10H,1H3,(H,21,23). The Hall–Kier alpha value is -2.66. The summed E-state index contributed by atoms with van der Waals surface area (Å²) in [6, 6.07) is 11.9. The molecule has 0 spiro atoms. The molecular weight excluding hydrogens is 333 g/mol. The molecule has 1 atom stereocenters. The Balaban J connectivity index is 2.06. The molecule has 0 aliphatic heterocycles. The highest BCUT2D eigenvalue weighted by Gasteiger charge is 2.13. The van der Waals surface area contributed by atoms with Gasteiger partial charge in [-0.15, -0.1) is 11.6 Å². The summed E-state index contributed by atoms with van der Waals surface area (Å²) in [6.45, 7) is 1.55. The van der Waals surface area contributed by atoms with Crippen molar-refractivity contribution in [1.29, 1.82) is 0 Å². The molecule has 1 heterocycles. The first-order valence-corrected chi connectivity index (χ1v) is 7.67. The summed E-state index contributed by atoms with van der Waals surface area (Å²) in [5.74, 6) is -0.694. The third-order valence-corrected chi connectivity index (χ3v) is 3.69. The van der Waals surface area contributed by atoms with E-state index in [2.05, 4.69) is 5.32 Å². The molecule has 6 heteroatoms. The monoisotopic (exact) mass is 345 g/mol. The Morgan fingerprint density at radius 3 is 2.67 bits per heavy atom. The summed E-state index contributed by atoms with van der Waals surface area (Å²) in [7, 11) is 0. The van der Waals surface area contributed by atoms with Gasteiger partial charge in [0.05, 0.1) is 10.9 Å². The Kier molecular flexibility index (Phi) is 4.36. The molecule has 4 nitrogen and oxygen atoms in total. The first kappa shape index (κ1) is 16.2. The topological polar surface area (TPSA) is 59.3 Å². The largest absolute Gasteiger partial charge is 0.456 e. The Morgan fingerprint density at radius 1 is 1.21 bits per heavy atom. The number of halogens is 2. The minimum Gasteiger partial charge on any atom is -0.456 e. The lowest BCUT2D eigenvalue weighted by Gasteiger charge is -2.08. The fourth-order valence-corrected chi connectivity index (χ4v) is 2.32. The molecule has 1 aromatic heterocycles. The third-order valence-electron chi connectivity index (χ3n) is 3.50. The maximum absolute atomic E-state index is 13.9. The molecule has 3 rings (SSSR count). The molecule has 3 aromatic rings. The number of hydrogen-bond acceptors (Lipinski definition) is 3. The molecule has 122 valence electrons. The second-order valence-corrected chi connectivity index (χ2v) is 5.93. The Labute approximate surface area is 141 Å². The number of anilines is 1. The molecule has 2 aromatic carbocycles. The van der Waals surface area contributed by atoms with Crippen LogP contribution in [0.2, 0.25) is 0 Å². The van der Waals surface area contributed by atoms with E-state index in [1.165, 1.54) is 24.3 Å². The van der Waals surface area contributed by atoms with Gasteiger partial charge in [-0.3, -0.25) is 9.59 Å². The van der Waals surface area contributed by atoms with Crippen LogP contribution in [0.25, 0.3) is 22.3 Å². The zero-order chi connectivity index (χ0) is 17.3. The molecule has 1 N–H and O–H groups in total. The van der Waals surface area contributed by atoms with Crippen LogP contribution in [-0.4, -0.2) is 11.3 Å². The Morgan fingerprint density at radius 2 is 1.96 bits per heavy atom. The van der Waals surface area contributed by atoms with Crippen molar-refractivity contribution in [3.05, 3.63) is 64.6 Å². The fourth-order valence-electron chi connectivity index (χ4n) is 2.27. The molecule has 0 radical (unpaired) electrons. The number of benzene rings is 2. The average molecular weight is 346 g/mol. The maximum atomic E-state index is 13.9. The lowest BCUT2D eigenvalue weighted by atomic mass is 10.1. The highest BCUT2D eigenvalue weighted by molar-refractivity contribution is 6.32. The van der Waals surface area contributed by atoms with E-state index in [9.17, 15) is 14.0 Å². The predicted molar refractivity (Wildman–Crippen MR) is 91.8 cm³/mol. The van der Waals surface area contributed by atoms with Crippen LogP contribution < -0.4 is 10.7 Å².